The summed E-state index contributed by atoms with van der Waals surface area (Å²) < 4.78 is 2.16. The molecule has 42 heavy (non-hydrogen) atoms. The molecule has 5 aromatic carbocycles. The molecule has 0 spiro atoms. The third-order valence-corrected chi connectivity index (χ3v) is 7.24. The third-order valence-electron chi connectivity index (χ3n) is 7.24. The van der Waals surface area contributed by atoms with Crippen molar-refractivity contribution in [3.63, 3.8) is 0 Å². The molecular formula is C38H27N4+. The molecule has 0 aliphatic rings. The number of aromatic nitrogens is 4. The number of rotatable bonds is 6. The lowest BCUT2D eigenvalue weighted by Gasteiger charge is -2.16. The Bertz CT molecular complexity index is 1880. The summed E-state index contributed by atoms with van der Waals surface area (Å²) in [7, 11) is 0. The van der Waals surface area contributed by atoms with Crippen molar-refractivity contribution in [3.8, 4) is 62.1 Å². The Morgan fingerprint density at radius 1 is 0.333 bits per heavy atom. The average Bonchev–Trinajstić information content (AvgIpc) is 3.09. The summed E-state index contributed by atoms with van der Waals surface area (Å²) in [4.78, 5) is 15.3. The van der Waals surface area contributed by atoms with Crippen molar-refractivity contribution in [2.24, 2.45) is 0 Å². The van der Waals surface area contributed by atoms with Gasteiger partial charge in [0.25, 0.3) is 0 Å². The predicted molar refractivity (Wildman–Crippen MR) is 169 cm³/mol. The highest BCUT2D eigenvalue weighted by Crippen LogP contribution is 2.40. The van der Waals surface area contributed by atoms with Crippen LogP contribution in [0.15, 0.2) is 164 Å². The van der Waals surface area contributed by atoms with Crippen LogP contribution in [-0.2, 0) is 0 Å². The number of hydrogen-bond donors (Lipinski definition) is 0. The highest BCUT2D eigenvalue weighted by Gasteiger charge is 2.27. The summed E-state index contributed by atoms with van der Waals surface area (Å²) >= 11 is 0. The molecule has 0 aliphatic heterocycles. The van der Waals surface area contributed by atoms with E-state index in [2.05, 4.69) is 77.6 Å². The monoisotopic (exact) mass is 539 g/mol. The van der Waals surface area contributed by atoms with Crippen LogP contribution in [0.4, 0.5) is 0 Å². The SMILES string of the molecule is c1ccc(-c2nc(-c3ccccc3)nc(-c3c(-c4ccccc4)ccc(-c4ccccc4)c3-[n+]3ccccc3)n2)cc1. The molecule has 0 amide bonds. The Morgan fingerprint density at radius 3 is 1.21 bits per heavy atom. The molecule has 2 aromatic heterocycles. The molecular weight excluding hydrogens is 512 g/mol. The molecule has 0 N–H and O–H groups in total. The van der Waals surface area contributed by atoms with Gasteiger partial charge in [-0.25, -0.2) is 15.0 Å². The minimum absolute atomic E-state index is 0.616. The molecule has 0 fully saturated rings. The maximum absolute atomic E-state index is 5.17. The van der Waals surface area contributed by atoms with Gasteiger partial charge < -0.3 is 0 Å². The van der Waals surface area contributed by atoms with Crippen LogP contribution in [0.2, 0.25) is 0 Å². The van der Waals surface area contributed by atoms with E-state index in [1.807, 2.05) is 91.0 Å². The van der Waals surface area contributed by atoms with Gasteiger partial charge >= 0.3 is 0 Å². The van der Waals surface area contributed by atoms with Gasteiger partial charge in [0.15, 0.2) is 29.9 Å². The van der Waals surface area contributed by atoms with Gasteiger partial charge in [-0.3, -0.25) is 0 Å². The van der Waals surface area contributed by atoms with Crippen molar-refractivity contribution in [1.82, 2.24) is 15.0 Å². The summed E-state index contributed by atoms with van der Waals surface area (Å²) in [5, 5.41) is 0. The second-order valence-corrected chi connectivity index (χ2v) is 9.94. The minimum Gasteiger partial charge on any atom is -0.208 e. The first-order valence-electron chi connectivity index (χ1n) is 14.0. The lowest BCUT2D eigenvalue weighted by Crippen LogP contribution is -2.31. The Kier molecular flexibility index (Phi) is 6.85. The number of benzene rings is 5. The summed E-state index contributed by atoms with van der Waals surface area (Å²) in [5.74, 6) is 1.88. The maximum Gasteiger partial charge on any atom is 0.230 e. The summed E-state index contributed by atoms with van der Waals surface area (Å²) in [6.07, 6.45) is 4.16. The van der Waals surface area contributed by atoms with Gasteiger partial charge in [-0.15, -0.1) is 0 Å². The van der Waals surface area contributed by atoms with Crippen LogP contribution in [-0.4, -0.2) is 15.0 Å². The van der Waals surface area contributed by atoms with Crippen LogP contribution in [0.5, 0.6) is 0 Å². The Balaban J connectivity index is 1.61. The zero-order valence-electron chi connectivity index (χ0n) is 22.9. The molecule has 198 valence electrons. The topological polar surface area (TPSA) is 42.5 Å². The fourth-order valence-corrected chi connectivity index (χ4v) is 5.26. The molecule has 2 heterocycles. The summed E-state index contributed by atoms with van der Waals surface area (Å²) in [6.45, 7) is 0. The molecule has 0 radical (unpaired) electrons. The molecule has 7 rings (SSSR count). The fourth-order valence-electron chi connectivity index (χ4n) is 5.26. The van der Waals surface area contributed by atoms with Crippen molar-refractivity contribution < 1.29 is 4.57 Å². The summed E-state index contributed by atoms with van der Waals surface area (Å²) in [6, 6.07) is 51.7. The molecule has 7 aromatic rings. The first-order chi connectivity index (χ1) is 20.8. The van der Waals surface area contributed by atoms with E-state index < -0.39 is 0 Å². The van der Waals surface area contributed by atoms with Gasteiger partial charge in [0, 0.05) is 23.3 Å². The molecule has 0 bridgehead atoms. The van der Waals surface area contributed by atoms with Crippen LogP contribution >= 0.6 is 0 Å². The van der Waals surface area contributed by atoms with Crippen molar-refractivity contribution in [2.75, 3.05) is 0 Å². The fraction of sp³-hybridized carbons (Fsp3) is 0. The third kappa shape index (κ3) is 4.98. The quantitative estimate of drug-likeness (QED) is 0.199. The second kappa shape index (κ2) is 11.4. The van der Waals surface area contributed by atoms with Crippen molar-refractivity contribution in [1.29, 1.82) is 0 Å². The molecule has 4 nitrogen and oxygen atoms in total. The zero-order chi connectivity index (χ0) is 28.1. The molecule has 4 heteroatoms. The van der Waals surface area contributed by atoms with Gasteiger partial charge in [0.2, 0.25) is 5.69 Å². The molecule has 0 unspecified atom stereocenters. The normalized spacial score (nSPS) is 10.9. The molecule has 0 saturated heterocycles. The second-order valence-electron chi connectivity index (χ2n) is 9.94. The lowest BCUT2D eigenvalue weighted by atomic mass is 9.91. The van der Waals surface area contributed by atoms with E-state index in [1.54, 1.807) is 0 Å². The van der Waals surface area contributed by atoms with E-state index in [9.17, 15) is 0 Å². The van der Waals surface area contributed by atoms with E-state index in [4.69, 9.17) is 15.0 Å². The summed E-state index contributed by atoms with van der Waals surface area (Å²) in [5.41, 5.74) is 8.16. The standard InChI is InChI=1S/C38H27N4/c1-6-16-28(17-7-1)32-24-25-33(29-18-8-2-9-19-29)35(42-26-14-5-15-27-42)34(32)38-40-36(30-20-10-3-11-21-30)39-37(41-38)31-22-12-4-13-23-31/h1-27H/q+1. The van der Waals surface area contributed by atoms with E-state index in [0.717, 1.165) is 44.6 Å². The highest BCUT2D eigenvalue weighted by atomic mass is 15.0. The number of hydrogen-bond acceptors (Lipinski definition) is 3. The van der Waals surface area contributed by atoms with E-state index in [0.29, 0.717) is 17.5 Å². The first kappa shape index (κ1) is 25.2. The van der Waals surface area contributed by atoms with Crippen molar-refractivity contribution in [3.05, 3.63) is 164 Å². The van der Waals surface area contributed by atoms with Gasteiger partial charge in [-0.2, -0.15) is 4.57 Å². The van der Waals surface area contributed by atoms with Crippen LogP contribution < -0.4 is 4.57 Å². The van der Waals surface area contributed by atoms with Crippen molar-refractivity contribution in [2.45, 2.75) is 0 Å². The number of pyridine rings is 1. The molecule has 0 aliphatic carbocycles. The van der Waals surface area contributed by atoms with Crippen LogP contribution in [0, 0.1) is 0 Å². The van der Waals surface area contributed by atoms with E-state index >= 15 is 0 Å². The van der Waals surface area contributed by atoms with Crippen LogP contribution in [0.1, 0.15) is 0 Å². The largest absolute Gasteiger partial charge is 0.230 e. The smallest absolute Gasteiger partial charge is 0.208 e. The number of nitrogens with zero attached hydrogens (tertiary/aromatic N) is 4. The van der Waals surface area contributed by atoms with E-state index in [-0.39, 0.29) is 0 Å². The van der Waals surface area contributed by atoms with Gasteiger partial charge in [-0.05, 0) is 22.8 Å². The lowest BCUT2D eigenvalue weighted by molar-refractivity contribution is -0.594. The first-order valence-corrected chi connectivity index (χ1v) is 14.0. The maximum atomic E-state index is 5.17. The molecule has 0 saturated carbocycles. The average molecular weight is 540 g/mol. The molecule has 0 atom stereocenters. The van der Waals surface area contributed by atoms with E-state index in [1.165, 1.54) is 0 Å². The van der Waals surface area contributed by atoms with Gasteiger partial charge in [0.05, 0.1) is 11.1 Å². The van der Waals surface area contributed by atoms with Crippen LogP contribution in [0.25, 0.3) is 62.1 Å². The Labute approximate surface area is 245 Å². The zero-order valence-corrected chi connectivity index (χ0v) is 22.9. The predicted octanol–water partition coefficient (Wildman–Crippen LogP) is 8.48. The highest BCUT2D eigenvalue weighted by molar-refractivity contribution is 5.92. The minimum atomic E-state index is 0.616. The van der Waals surface area contributed by atoms with Crippen LogP contribution in [0.3, 0.4) is 0 Å². The Hall–Kier alpha value is -5.74. The van der Waals surface area contributed by atoms with Gasteiger partial charge in [0.1, 0.15) is 0 Å². The van der Waals surface area contributed by atoms with Gasteiger partial charge in [-0.1, -0.05) is 133 Å². The Morgan fingerprint density at radius 2 is 0.714 bits per heavy atom. The van der Waals surface area contributed by atoms with Crippen molar-refractivity contribution >= 4 is 0 Å².